The lowest BCUT2D eigenvalue weighted by Gasteiger charge is -2.11. The Labute approximate surface area is 95.2 Å². The summed E-state index contributed by atoms with van der Waals surface area (Å²) >= 11 is 0. The average molecular weight is 219 g/mol. The summed E-state index contributed by atoms with van der Waals surface area (Å²) in [5.74, 6) is 0.779. The molecule has 2 aromatic rings. The SMILES string of the molecule is CC(C)OCC(N)c1cc2ccccc2o1. The minimum atomic E-state index is -0.199. The number of ether oxygens (including phenoxy) is 1. The minimum absolute atomic E-state index is 0.190. The number of hydrogen-bond donors (Lipinski definition) is 1. The molecule has 0 aliphatic carbocycles. The quantitative estimate of drug-likeness (QED) is 0.860. The highest BCUT2D eigenvalue weighted by Crippen LogP contribution is 2.22. The fourth-order valence-corrected chi connectivity index (χ4v) is 1.56. The number of fused-ring (bicyclic) bond motifs is 1. The minimum Gasteiger partial charge on any atom is -0.459 e. The van der Waals surface area contributed by atoms with Crippen molar-refractivity contribution in [2.24, 2.45) is 5.73 Å². The first kappa shape index (κ1) is 11.2. The number of nitrogens with two attached hydrogens (primary N) is 1. The van der Waals surface area contributed by atoms with Crippen LogP contribution in [0.1, 0.15) is 25.6 Å². The Kier molecular flexibility index (Phi) is 3.27. The molecule has 1 heterocycles. The van der Waals surface area contributed by atoms with Gasteiger partial charge in [-0.25, -0.2) is 0 Å². The van der Waals surface area contributed by atoms with Crippen LogP contribution in [0.3, 0.4) is 0 Å². The smallest absolute Gasteiger partial charge is 0.134 e. The molecule has 0 saturated carbocycles. The molecule has 16 heavy (non-hydrogen) atoms. The first-order valence-corrected chi connectivity index (χ1v) is 5.52. The van der Waals surface area contributed by atoms with Gasteiger partial charge in [0.15, 0.2) is 0 Å². The monoisotopic (exact) mass is 219 g/mol. The van der Waals surface area contributed by atoms with Crippen molar-refractivity contribution in [1.82, 2.24) is 0 Å². The van der Waals surface area contributed by atoms with Gasteiger partial charge in [-0.15, -0.1) is 0 Å². The molecule has 0 radical (unpaired) electrons. The summed E-state index contributed by atoms with van der Waals surface area (Å²) in [6.45, 7) is 4.47. The molecular weight excluding hydrogens is 202 g/mol. The maximum Gasteiger partial charge on any atom is 0.134 e. The van der Waals surface area contributed by atoms with Crippen molar-refractivity contribution in [3.63, 3.8) is 0 Å². The number of rotatable bonds is 4. The molecule has 1 aromatic carbocycles. The van der Waals surface area contributed by atoms with Crippen LogP contribution in [-0.4, -0.2) is 12.7 Å². The predicted octanol–water partition coefficient (Wildman–Crippen LogP) is 2.86. The van der Waals surface area contributed by atoms with Crippen LogP contribution in [-0.2, 0) is 4.74 Å². The summed E-state index contributed by atoms with van der Waals surface area (Å²) in [7, 11) is 0. The Bertz CT molecular complexity index is 429. The standard InChI is InChI=1S/C13H17NO2/c1-9(2)15-8-11(14)13-7-10-5-3-4-6-12(10)16-13/h3-7,9,11H,8,14H2,1-2H3. The molecule has 86 valence electrons. The molecule has 2 rings (SSSR count). The summed E-state index contributed by atoms with van der Waals surface area (Å²) < 4.78 is 11.1. The molecule has 2 N–H and O–H groups in total. The van der Waals surface area contributed by atoms with E-state index < -0.39 is 0 Å². The summed E-state index contributed by atoms with van der Waals surface area (Å²) in [6.07, 6.45) is 0.190. The Morgan fingerprint density at radius 3 is 2.75 bits per heavy atom. The highest BCUT2D eigenvalue weighted by molar-refractivity contribution is 5.77. The molecule has 0 amide bonds. The zero-order chi connectivity index (χ0) is 11.5. The van der Waals surface area contributed by atoms with E-state index in [1.807, 2.05) is 44.2 Å². The van der Waals surface area contributed by atoms with E-state index in [2.05, 4.69) is 0 Å². The fourth-order valence-electron chi connectivity index (χ4n) is 1.56. The van der Waals surface area contributed by atoms with Crippen molar-refractivity contribution in [3.8, 4) is 0 Å². The molecular formula is C13H17NO2. The lowest BCUT2D eigenvalue weighted by atomic mass is 10.2. The number of para-hydroxylation sites is 1. The second kappa shape index (κ2) is 4.68. The van der Waals surface area contributed by atoms with Crippen molar-refractivity contribution in [2.75, 3.05) is 6.61 Å². The first-order valence-electron chi connectivity index (χ1n) is 5.52. The maximum atomic E-state index is 5.99. The Morgan fingerprint density at radius 1 is 1.31 bits per heavy atom. The molecule has 0 saturated heterocycles. The van der Waals surface area contributed by atoms with Gasteiger partial charge >= 0.3 is 0 Å². The van der Waals surface area contributed by atoms with Crippen molar-refractivity contribution < 1.29 is 9.15 Å². The molecule has 0 bridgehead atoms. The summed E-state index contributed by atoms with van der Waals surface area (Å²) in [6, 6.07) is 9.66. The topological polar surface area (TPSA) is 48.4 Å². The van der Waals surface area contributed by atoms with Crippen molar-refractivity contribution in [3.05, 3.63) is 36.1 Å². The van der Waals surface area contributed by atoms with Gasteiger partial charge in [0.2, 0.25) is 0 Å². The van der Waals surface area contributed by atoms with Gasteiger partial charge in [0.05, 0.1) is 18.8 Å². The Hall–Kier alpha value is -1.32. The summed E-state index contributed by atoms with van der Waals surface area (Å²) in [4.78, 5) is 0. The number of furan rings is 1. The lowest BCUT2D eigenvalue weighted by molar-refractivity contribution is 0.0649. The third-order valence-corrected chi connectivity index (χ3v) is 2.42. The summed E-state index contributed by atoms with van der Waals surface area (Å²) in [5, 5.41) is 1.08. The molecule has 0 spiro atoms. The Balaban J connectivity index is 2.13. The van der Waals surface area contributed by atoms with E-state index in [-0.39, 0.29) is 12.1 Å². The van der Waals surface area contributed by atoms with E-state index in [4.69, 9.17) is 14.9 Å². The van der Waals surface area contributed by atoms with Crippen LogP contribution in [0.15, 0.2) is 34.7 Å². The van der Waals surface area contributed by atoms with Crippen LogP contribution in [0.25, 0.3) is 11.0 Å². The van der Waals surface area contributed by atoms with Gasteiger partial charge in [0.25, 0.3) is 0 Å². The van der Waals surface area contributed by atoms with Crippen LogP contribution in [0.5, 0.6) is 0 Å². The molecule has 3 heteroatoms. The molecule has 0 fully saturated rings. The van der Waals surface area contributed by atoms with Crippen molar-refractivity contribution >= 4 is 11.0 Å². The van der Waals surface area contributed by atoms with Crippen LogP contribution < -0.4 is 5.73 Å². The second-order valence-corrected chi connectivity index (χ2v) is 4.18. The van der Waals surface area contributed by atoms with E-state index in [1.54, 1.807) is 0 Å². The van der Waals surface area contributed by atoms with E-state index in [0.717, 1.165) is 16.7 Å². The molecule has 1 atom stereocenters. The zero-order valence-corrected chi connectivity index (χ0v) is 9.64. The lowest BCUT2D eigenvalue weighted by Crippen LogP contribution is -2.18. The highest BCUT2D eigenvalue weighted by Gasteiger charge is 2.12. The van der Waals surface area contributed by atoms with Crippen LogP contribution in [0.4, 0.5) is 0 Å². The molecule has 1 unspecified atom stereocenters. The van der Waals surface area contributed by atoms with E-state index in [9.17, 15) is 0 Å². The molecule has 0 aliphatic rings. The van der Waals surface area contributed by atoms with Gasteiger partial charge in [-0.2, -0.15) is 0 Å². The normalized spacial score (nSPS) is 13.5. The van der Waals surface area contributed by atoms with Gasteiger partial charge in [-0.05, 0) is 26.0 Å². The third kappa shape index (κ3) is 2.43. The van der Waals surface area contributed by atoms with Gasteiger partial charge in [-0.1, -0.05) is 18.2 Å². The van der Waals surface area contributed by atoms with Crippen molar-refractivity contribution in [2.45, 2.75) is 26.0 Å². The number of hydrogen-bond acceptors (Lipinski definition) is 3. The highest BCUT2D eigenvalue weighted by atomic mass is 16.5. The van der Waals surface area contributed by atoms with Crippen LogP contribution in [0, 0.1) is 0 Å². The first-order chi connectivity index (χ1) is 7.66. The largest absolute Gasteiger partial charge is 0.459 e. The van der Waals surface area contributed by atoms with Crippen LogP contribution in [0.2, 0.25) is 0 Å². The molecule has 3 nitrogen and oxygen atoms in total. The van der Waals surface area contributed by atoms with E-state index >= 15 is 0 Å². The summed E-state index contributed by atoms with van der Waals surface area (Å²) in [5.41, 5.74) is 6.86. The maximum absolute atomic E-state index is 5.99. The number of benzene rings is 1. The van der Waals surface area contributed by atoms with Gasteiger partial charge < -0.3 is 14.9 Å². The predicted molar refractivity (Wildman–Crippen MR) is 64.2 cm³/mol. The zero-order valence-electron chi connectivity index (χ0n) is 9.64. The van der Waals surface area contributed by atoms with Gasteiger partial charge in [0, 0.05) is 5.39 Å². The average Bonchev–Trinajstić information content (AvgIpc) is 2.69. The Morgan fingerprint density at radius 2 is 2.06 bits per heavy atom. The van der Waals surface area contributed by atoms with Gasteiger partial charge in [-0.3, -0.25) is 0 Å². The van der Waals surface area contributed by atoms with Crippen LogP contribution >= 0.6 is 0 Å². The van der Waals surface area contributed by atoms with E-state index in [1.165, 1.54) is 0 Å². The third-order valence-electron chi connectivity index (χ3n) is 2.42. The van der Waals surface area contributed by atoms with Gasteiger partial charge in [0.1, 0.15) is 11.3 Å². The van der Waals surface area contributed by atoms with Crippen molar-refractivity contribution in [1.29, 1.82) is 0 Å². The van der Waals surface area contributed by atoms with E-state index in [0.29, 0.717) is 6.61 Å². The molecule has 1 aromatic heterocycles. The second-order valence-electron chi connectivity index (χ2n) is 4.18. The fraction of sp³-hybridized carbons (Fsp3) is 0.385. The molecule has 0 aliphatic heterocycles.